The minimum Gasteiger partial charge on any atom is -0.394 e. The van der Waals surface area contributed by atoms with Crippen LogP contribution in [0.5, 0.6) is 0 Å². The summed E-state index contributed by atoms with van der Waals surface area (Å²) in [6.45, 7) is 0.715. The number of likely N-dealkylation sites (tertiary alicyclic amines) is 1. The van der Waals surface area contributed by atoms with Crippen LogP contribution in [0, 0.1) is 0 Å². The molecule has 0 spiro atoms. The van der Waals surface area contributed by atoms with Gasteiger partial charge in [-0.2, -0.15) is 0 Å². The van der Waals surface area contributed by atoms with E-state index >= 15 is 0 Å². The molecule has 0 unspecified atom stereocenters. The van der Waals surface area contributed by atoms with Crippen LogP contribution in [0.25, 0.3) is 0 Å². The largest absolute Gasteiger partial charge is 0.394 e. The first-order valence-corrected chi connectivity index (χ1v) is 5.51. The summed E-state index contributed by atoms with van der Waals surface area (Å²) in [4.78, 5) is 21.6. The zero-order valence-corrected chi connectivity index (χ0v) is 9.04. The van der Waals surface area contributed by atoms with Gasteiger partial charge in [-0.25, -0.2) is 4.98 Å². The minimum absolute atomic E-state index is 0.0198. The molecule has 1 aliphatic rings. The lowest BCUT2D eigenvalue weighted by Crippen LogP contribution is -2.45. The van der Waals surface area contributed by atoms with Crippen molar-refractivity contribution in [3.63, 3.8) is 0 Å². The van der Waals surface area contributed by atoms with Gasteiger partial charge in [0, 0.05) is 18.9 Å². The van der Waals surface area contributed by atoms with Gasteiger partial charge in [0.2, 0.25) is 0 Å². The van der Waals surface area contributed by atoms with Gasteiger partial charge in [0.05, 0.1) is 18.8 Å². The molecule has 1 saturated heterocycles. The summed E-state index contributed by atoms with van der Waals surface area (Å²) in [5.41, 5.74) is 0.350. The van der Waals surface area contributed by atoms with Gasteiger partial charge in [0.15, 0.2) is 0 Å². The molecule has 5 nitrogen and oxygen atoms in total. The molecule has 1 amide bonds. The minimum atomic E-state index is -0.133. The predicted octanol–water partition coefficient (Wildman–Crippen LogP) is 0.464. The lowest BCUT2D eigenvalue weighted by atomic mass is 10.0. The quantitative estimate of drug-likeness (QED) is 0.788. The van der Waals surface area contributed by atoms with Crippen molar-refractivity contribution in [3.8, 4) is 0 Å². The second kappa shape index (κ2) is 5.03. The average Bonchev–Trinajstić information content (AvgIpc) is 2.39. The zero-order valence-electron chi connectivity index (χ0n) is 9.04. The number of aliphatic hydroxyl groups is 1. The number of piperidine rings is 1. The molecule has 0 aliphatic carbocycles. The third-order valence-corrected chi connectivity index (χ3v) is 2.88. The first kappa shape index (κ1) is 11.0. The maximum atomic E-state index is 12.1. The number of nitrogens with zero attached hydrogens (tertiary/aromatic N) is 3. The number of aromatic nitrogens is 2. The molecule has 0 bridgehead atoms. The monoisotopic (exact) mass is 221 g/mol. The van der Waals surface area contributed by atoms with Crippen molar-refractivity contribution in [1.82, 2.24) is 14.9 Å². The number of hydrogen-bond acceptors (Lipinski definition) is 4. The van der Waals surface area contributed by atoms with Crippen molar-refractivity contribution >= 4 is 5.91 Å². The first-order chi connectivity index (χ1) is 7.83. The second-order valence-electron chi connectivity index (χ2n) is 3.92. The Hall–Kier alpha value is -1.49. The van der Waals surface area contributed by atoms with Gasteiger partial charge in [-0.3, -0.25) is 9.78 Å². The normalized spacial score (nSPS) is 20.8. The Morgan fingerprint density at radius 1 is 1.50 bits per heavy atom. The fourth-order valence-corrected chi connectivity index (χ4v) is 2.01. The molecule has 1 N–H and O–H groups in total. The summed E-state index contributed by atoms with van der Waals surface area (Å²) >= 11 is 0. The van der Waals surface area contributed by atoms with Gasteiger partial charge in [-0.1, -0.05) is 0 Å². The van der Waals surface area contributed by atoms with Crippen LogP contribution in [0.4, 0.5) is 0 Å². The molecule has 2 rings (SSSR count). The van der Waals surface area contributed by atoms with Crippen LogP contribution in [-0.2, 0) is 0 Å². The Labute approximate surface area is 94.1 Å². The van der Waals surface area contributed by atoms with Gasteiger partial charge in [-0.15, -0.1) is 0 Å². The fraction of sp³-hybridized carbons (Fsp3) is 0.545. The topological polar surface area (TPSA) is 66.3 Å². The van der Waals surface area contributed by atoms with E-state index in [1.165, 1.54) is 18.6 Å². The Morgan fingerprint density at radius 2 is 2.38 bits per heavy atom. The molecule has 5 heteroatoms. The lowest BCUT2D eigenvalue weighted by Gasteiger charge is -2.34. The number of hydrogen-bond donors (Lipinski definition) is 1. The Kier molecular flexibility index (Phi) is 3.46. The number of aliphatic hydroxyl groups excluding tert-OH is 1. The van der Waals surface area contributed by atoms with Crippen LogP contribution in [0.15, 0.2) is 18.6 Å². The highest BCUT2D eigenvalue weighted by Gasteiger charge is 2.27. The Bertz CT molecular complexity index is 356. The molecule has 2 heterocycles. The molecular formula is C11H15N3O2. The molecule has 1 aromatic heterocycles. The van der Waals surface area contributed by atoms with E-state index in [1.54, 1.807) is 4.90 Å². The molecule has 1 atom stereocenters. The highest BCUT2D eigenvalue weighted by atomic mass is 16.3. The SMILES string of the molecule is O=C(c1cnccn1)N1CCCC[C@@H]1CO. The third-order valence-electron chi connectivity index (χ3n) is 2.88. The summed E-state index contributed by atoms with van der Waals surface area (Å²) in [5.74, 6) is -0.133. The van der Waals surface area contributed by atoms with Gasteiger partial charge in [-0.05, 0) is 19.3 Å². The third kappa shape index (κ3) is 2.19. The average molecular weight is 221 g/mol. The maximum absolute atomic E-state index is 12.1. The van der Waals surface area contributed by atoms with Crippen molar-refractivity contribution in [2.75, 3.05) is 13.2 Å². The van der Waals surface area contributed by atoms with Crippen LogP contribution < -0.4 is 0 Å². The zero-order chi connectivity index (χ0) is 11.4. The Balaban J connectivity index is 2.14. The van der Waals surface area contributed by atoms with Crippen LogP contribution in [0.1, 0.15) is 29.8 Å². The number of carbonyl (C=O) groups excluding carboxylic acids is 1. The molecule has 1 aliphatic heterocycles. The smallest absolute Gasteiger partial charge is 0.274 e. The van der Waals surface area contributed by atoms with E-state index in [1.807, 2.05) is 0 Å². The lowest BCUT2D eigenvalue weighted by molar-refractivity contribution is 0.0497. The predicted molar refractivity (Wildman–Crippen MR) is 57.8 cm³/mol. The molecule has 86 valence electrons. The van der Waals surface area contributed by atoms with Crippen molar-refractivity contribution in [3.05, 3.63) is 24.3 Å². The van der Waals surface area contributed by atoms with E-state index < -0.39 is 0 Å². The highest BCUT2D eigenvalue weighted by Crippen LogP contribution is 2.18. The molecule has 0 radical (unpaired) electrons. The van der Waals surface area contributed by atoms with E-state index in [4.69, 9.17) is 0 Å². The molecule has 16 heavy (non-hydrogen) atoms. The maximum Gasteiger partial charge on any atom is 0.274 e. The van der Waals surface area contributed by atoms with Crippen molar-refractivity contribution in [1.29, 1.82) is 0 Å². The second-order valence-corrected chi connectivity index (χ2v) is 3.92. The van der Waals surface area contributed by atoms with E-state index in [9.17, 15) is 9.90 Å². The van der Waals surface area contributed by atoms with E-state index in [2.05, 4.69) is 9.97 Å². The summed E-state index contributed by atoms with van der Waals surface area (Å²) < 4.78 is 0. The molecule has 1 aromatic rings. The summed E-state index contributed by atoms with van der Waals surface area (Å²) in [6.07, 6.45) is 7.42. The number of carbonyl (C=O) groups is 1. The van der Waals surface area contributed by atoms with Crippen LogP contribution >= 0.6 is 0 Å². The van der Waals surface area contributed by atoms with Crippen LogP contribution in [0.2, 0.25) is 0 Å². The van der Waals surface area contributed by atoms with Crippen molar-refractivity contribution < 1.29 is 9.90 Å². The van der Waals surface area contributed by atoms with Gasteiger partial charge in [0.25, 0.3) is 5.91 Å². The number of amides is 1. The van der Waals surface area contributed by atoms with Gasteiger partial charge in [0.1, 0.15) is 5.69 Å². The highest BCUT2D eigenvalue weighted by molar-refractivity contribution is 5.92. The standard InChI is InChI=1S/C11H15N3O2/c15-8-9-3-1-2-6-14(9)11(16)10-7-12-4-5-13-10/h4-5,7,9,15H,1-3,6,8H2/t9-/m1/s1. The van der Waals surface area contributed by atoms with Gasteiger partial charge < -0.3 is 10.0 Å². The van der Waals surface area contributed by atoms with Crippen molar-refractivity contribution in [2.24, 2.45) is 0 Å². The summed E-state index contributed by atoms with van der Waals surface area (Å²) in [6, 6.07) is -0.0664. The first-order valence-electron chi connectivity index (χ1n) is 5.51. The summed E-state index contributed by atoms with van der Waals surface area (Å²) in [7, 11) is 0. The molecule has 1 fully saturated rings. The molecule has 0 aromatic carbocycles. The van der Waals surface area contributed by atoms with Crippen molar-refractivity contribution in [2.45, 2.75) is 25.3 Å². The summed E-state index contributed by atoms with van der Waals surface area (Å²) in [5, 5.41) is 9.23. The van der Waals surface area contributed by atoms with Crippen LogP contribution in [-0.4, -0.2) is 45.1 Å². The molecule has 0 saturated carbocycles. The number of rotatable bonds is 2. The van der Waals surface area contributed by atoms with Crippen LogP contribution in [0.3, 0.4) is 0 Å². The van der Waals surface area contributed by atoms with E-state index in [0.29, 0.717) is 12.2 Å². The Morgan fingerprint density at radius 3 is 3.06 bits per heavy atom. The molecular weight excluding hydrogens is 206 g/mol. The van der Waals surface area contributed by atoms with E-state index in [0.717, 1.165) is 19.3 Å². The van der Waals surface area contributed by atoms with E-state index in [-0.39, 0.29) is 18.6 Å². The fourth-order valence-electron chi connectivity index (χ4n) is 2.01. The van der Waals surface area contributed by atoms with Gasteiger partial charge >= 0.3 is 0 Å².